The van der Waals surface area contributed by atoms with Crippen molar-refractivity contribution < 1.29 is 23.9 Å². The molecule has 2 heterocycles. The van der Waals surface area contributed by atoms with E-state index in [2.05, 4.69) is 10.4 Å². The number of esters is 1. The molecule has 0 saturated carbocycles. The minimum absolute atomic E-state index is 0.0302. The maximum absolute atomic E-state index is 13.9. The Morgan fingerprint density at radius 3 is 2.47 bits per heavy atom. The SMILES string of the molecule is CCOC(=O)c1cc2n(n1)C[C@](C)(C(=O)NCc1ccccc1OC)N(c1ccccc1CC)C2=O. The predicted octanol–water partition coefficient (Wildman–Crippen LogP) is 3.37. The van der Waals surface area contributed by atoms with Crippen LogP contribution >= 0.6 is 0 Å². The van der Waals surface area contributed by atoms with E-state index in [0.717, 1.165) is 11.1 Å². The fourth-order valence-corrected chi connectivity index (χ4v) is 4.51. The van der Waals surface area contributed by atoms with Gasteiger partial charge < -0.3 is 14.8 Å². The van der Waals surface area contributed by atoms with Crippen molar-refractivity contribution in [2.75, 3.05) is 18.6 Å². The number of nitrogens with zero attached hydrogens (tertiary/aromatic N) is 3. The van der Waals surface area contributed by atoms with Crippen LogP contribution in [0.15, 0.2) is 54.6 Å². The number of carbonyl (C=O) groups is 3. The smallest absolute Gasteiger partial charge is 0.358 e. The lowest BCUT2D eigenvalue weighted by Crippen LogP contribution is -2.64. The molecule has 36 heavy (non-hydrogen) atoms. The standard InChI is InChI=1S/C27H30N4O5/c1-5-18-11-7-9-13-21(18)31-24(32)22-15-20(25(33)36-6-2)29-30(22)17-27(31,3)26(34)28-16-19-12-8-10-14-23(19)35-4/h7-15H,5-6,16-17H2,1-4H3,(H,28,34)/t27-/m1/s1. The lowest BCUT2D eigenvalue weighted by atomic mass is 9.92. The minimum atomic E-state index is -1.32. The number of carbonyl (C=O) groups excluding carboxylic acids is 3. The number of ether oxygens (including phenoxy) is 2. The van der Waals surface area contributed by atoms with E-state index in [1.165, 1.54) is 15.6 Å². The van der Waals surface area contributed by atoms with Crippen LogP contribution in [0, 0.1) is 0 Å². The van der Waals surface area contributed by atoms with Crippen molar-refractivity contribution in [3.05, 3.63) is 77.1 Å². The molecule has 2 amide bonds. The molecule has 0 saturated heterocycles. The molecule has 188 valence electrons. The monoisotopic (exact) mass is 490 g/mol. The third-order valence-corrected chi connectivity index (χ3v) is 6.37. The Bertz CT molecular complexity index is 1300. The third kappa shape index (κ3) is 4.44. The van der Waals surface area contributed by atoms with Gasteiger partial charge >= 0.3 is 5.97 Å². The quantitative estimate of drug-likeness (QED) is 0.486. The van der Waals surface area contributed by atoms with Crippen LogP contribution in [-0.4, -0.2) is 46.8 Å². The van der Waals surface area contributed by atoms with E-state index in [1.54, 1.807) is 21.0 Å². The van der Waals surface area contributed by atoms with Gasteiger partial charge in [0.05, 0.1) is 20.3 Å². The maximum atomic E-state index is 13.9. The summed E-state index contributed by atoms with van der Waals surface area (Å²) in [6.45, 7) is 5.87. The van der Waals surface area contributed by atoms with Crippen molar-refractivity contribution in [3.8, 4) is 5.75 Å². The van der Waals surface area contributed by atoms with Crippen LogP contribution in [0.5, 0.6) is 5.75 Å². The van der Waals surface area contributed by atoms with Gasteiger partial charge in [-0.3, -0.25) is 19.2 Å². The Morgan fingerprint density at radius 2 is 1.78 bits per heavy atom. The molecule has 1 N–H and O–H groups in total. The first-order valence-corrected chi connectivity index (χ1v) is 11.9. The van der Waals surface area contributed by atoms with Gasteiger partial charge in [-0.05, 0) is 38.0 Å². The molecule has 0 radical (unpaired) electrons. The van der Waals surface area contributed by atoms with Crippen LogP contribution < -0.4 is 15.0 Å². The predicted molar refractivity (Wildman–Crippen MR) is 134 cm³/mol. The second-order valence-corrected chi connectivity index (χ2v) is 8.68. The number of anilines is 1. The van der Waals surface area contributed by atoms with E-state index >= 15 is 0 Å². The van der Waals surface area contributed by atoms with Gasteiger partial charge in [0.2, 0.25) is 5.91 Å². The number of hydrogen-bond acceptors (Lipinski definition) is 6. The van der Waals surface area contributed by atoms with Crippen molar-refractivity contribution in [3.63, 3.8) is 0 Å². The number of methoxy groups -OCH3 is 1. The molecule has 3 aromatic rings. The highest BCUT2D eigenvalue weighted by atomic mass is 16.5. The fourth-order valence-electron chi connectivity index (χ4n) is 4.51. The van der Waals surface area contributed by atoms with Crippen molar-refractivity contribution in [2.24, 2.45) is 0 Å². The van der Waals surface area contributed by atoms with E-state index in [9.17, 15) is 14.4 Å². The van der Waals surface area contributed by atoms with E-state index < -0.39 is 17.4 Å². The fraction of sp³-hybridized carbons (Fsp3) is 0.333. The van der Waals surface area contributed by atoms with Crippen LogP contribution in [0.3, 0.4) is 0 Å². The number of rotatable bonds is 8. The molecular formula is C27H30N4O5. The molecule has 2 aromatic carbocycles. The molecule has 4 rings (SSSR count). The largest absolute Gasteiger partial charge is 0.496 e. The second kappa shape index (κ2) is 10.2. The lowest BCUT2D eigenvalue weighted by molar-refractivity contribution is -0.126. The van der Waals surface area contributed by atoms with Crippen molar-refractivity contribution >= 4 is 23.5 Å². The Morgan fingerprint density at radius 1 is 1.08 bits per heavy atom. The summed E-state index contributed by atoms with van der Waals surface area (Å²) in [5, 5.41) is 7.29. The molecule has 0 bridgehead atoms. The van der Waals surface area contributed by atoms with Crippen molar-refractivity contribution in [1.82, 2.24) is 15.1 Å². The summed E-state index contributed by atoms with van der Waals surface area (Å²) in [7, 11) is 1.57. The highest BCUT2D eigenvalue weighted by Crippen LogP contribution is 2.35. The Hall–Kier alpha value is -4.14. The number of amides is 2. The number of para-hydroxylation sites is 2. The summed E-state index contributed by atoms with van der Waals surface area (Å²) in [5.41, 5.74) is 1.30. The van der Waals surface area contributed by atoms with Gasteiger partial charge in [-0.2, -0.15) is 5.10 Å². The van der Waals surface area contributed by atoms with Crippen molar-refractivity contribution in [1.29, 1.82) is 0 Å². The summed E-state index contributed by atoms with van der Waals surface area (Å²) in [6.07, 6.45) is 0.673. The molecule has 1 atom stereocenters. The molecule has 1 aliphatic heterocycles. The topological polar surface area (TPSA) is 103 Å². The van der Waals surface area contributed by atoms with Gasteiger partial charge in [0.15, 0.2) is 5.69 Å². The van der Waals surface area contributed by atoms with Gasteiger partial charge in [0, 0.05) is 23.9 Å². The third-order valence-electron chi connectivity index (χ3n) is 6.37. The van der Waals surface area contributed by atoms with Gasteiger partial charge in [-0.25, -0.2) is 4.79 Å². The van der Waals surface area contributed by atoms with E-state index in [1.807, 2.05) is 55.5 Å². The Kier molecular flexibility index (Phi) is 7.10. The van der Waals surface area contributed by atoms with E-state index in [-0.39, 0.29) is 37.0 Å². The normalized spacial score (nSPS) is 16.9. The zero-order valence-electron chi connectivity index (χ0n) is 20.9. The average molecular weight is 491 g/mol. The Balaban J connectivity index is 1.75. The number of nitrogens with one attached hydrogen (secondary N) is 1. The molecule has 9 nitrogen and oxygen atoms in total. The summed E-state index contributed by atoms with van der Waals surface area (Å²) < 4.78 is 11.9. The van der Waals surface area contributed by atoms with Crippen LogP contribution in [0.25, 0.3) is 0 Å². The summed E-state index contributed by atoms with van der Waals surface area (Å²) in [5.74, 6) is -0.731. The first-order chi connectivity index (χ1) is 17.3. The van der Waals surface area contributed by atoms with Crippen LogP contribution in [0.4, 0.5) is 5.69 Å². The molecule has 0 aliphatic carbocycles. The first kappa shape index (κ1) is 25.0. The van der Waals surface area contributed by atoms with Gasteiger partial charge in [0.25, 0.3) is 5.91 Å². The molecule has 1 aromatic heterocycles. The highest BCUT2D eigenvalue weighted by molar-refractivity contribution is 6.12. The number of benzene rings is 2. The molecule has 0 unspecified atom stereocenters. The number of aromatic nitrogens is 2. The zero-order valence-corrected chi connectivity index (χ0v) is 20.9. The first-order valence-electron chi connectivity index (χ1n) is 11.9. The minimum Gasteiger partial charge on any atom is -0.496 e. The highest BCUT2D eigenvalue weighted by Gasteiger charge is 2.49. The van der Waals surface area contributed by atoms with E-state index in [0.29, 0.717) is 17.9 Å². The van der Waals surface area contributed by atoms with Crippen molar-refractivity contribution in [2.45, 2.75) is 45.8 Å². The summed E-state index contributed by atoms with van der Waals surface area (Å²) in [6, 6.07) is 16.4. The Labute approximate surface area is 210 Å². The zero-order chi connectivity index (χ0) is 25.9. The van der Waals surface area contributed by atoms with Crippen LogP contribution in [-0.2, 0) is 29.0 Å². The van der Waals surface area contributed by atoms with Crippen LogP contribution in [0.2, 0.25) is 0 Å². The number of fused-ring (bicyclic) bond motifs is 1. The van der Waals surface area contributed by atoms with Gasteiger partial charge in [0.1, 0.15) is 17.0 Å². The maximum Gasteiger partial charge on any atom is 0.358 e. The number of hydrogen-bond donors (Lipinski definition) is 1. The average Bonchev–Trinajstić information content (AvgIpc) is 3.32. The molecule has 9 heteroatoms. The lowest BCUT2D eigenvalue weighted by Gasteiger charge is -2.43. The molecule has 0 fully saturated rings. The number of aryl methyl sites for hydroxylation is 1. The van der Waals surface area contributed by atoms with Crippen LogP contribution in [0.1, 0.15) is 52.9 Å². The molecule has 1 aliphatic rings. The molecule has 0 spiro atoms. The van der Waals surface area contributed by atoms with Gasteiger partial charge in [-0.15, -0.1) is 0 Å². The second-order valence-electron chi connectivity index (χ2n) is 8.68. The van der Waals surface area contributed by atoms with E-state index in [4.69, 9.17) is 9.47 Å². The molecular weight excluding hydrogens is 460 g/mol. The summed E-state index contributed by atoms with van der Waals surface area (Å²) in [4.78, 5) is 41.5. The van der Waals surface area contributed by atoms with Gasteiger partial charge in [-0.1, -0.05) is 43.3 Å². The summed E-state index contributed by atoms with van der Waals surface area (Å²) >= 11 is 0.